The molecule has 0 amide bonds. The number of benzene rings is 1. The van der Waals surface area contributed by atoms with E-state index in [4.69, 9.17) is 14.6 Å². The first-order valence-electron chi connectivity index (χ1n) is 6.52. The van der Waals surface area contributed by atoms with Crippen molar-refractivity contribution >= 4 is 17.7 Å². The zero-order valence-corrected chi connectivity index (χ0v) is 12.0. The van der Waals surface area contributed by atoms with Crippen LogP contribution in [0.3, 0.4) is 0 Å². The Kier molecular flexibility index (Phi) is 4.01. The molecule has 2 aromatic rings. The van der Waals surface area contributed by atoms with Gasteiger partial charge in [-0.25, -0.2) is 4.98 Å². The second kappa shape index (κ2) is 6.09. The molecule has 1 aliphatic rings. The Hall–Kier alpha value is -2.15. The highest BCUT2D eigenvalue weighted by Gasteiger charge is 2.13. The summed E-state index contributed by atoms with van der Waals surface area (Å²) in [4.78, 5) is 17.8. The molecule has 0 aliphatic carbocycles. The van der Waals surface area contributed by atoms with Crippen LogP contribution in [0.2, 0.25) is 0 Å². The van der Waals surface area contributed by atoms with Crippen LogP contribution in [0.1, 0.15) is 6.42 Å². The average Bonchev–Trinajstić information content (AvgIpc) is 2.82. The number of rotatable bonds is 4. The lowest BCUT2D eigenvalue weighted by Crippen LogP contribution is -1.97. The Bertz CT molecular complexity index is 656. The van der Waals surface area contributed by atoms with Gasteiger partial charge in [0, 0.05) is 12.0 Å². The van der Waals surface area contributed by atoms with Gasteiger partial charge in [-0.15, -0.1) is 0 Å². The minimum Gasteiger partial charge on any atom is -0.490 e. The fraction of sp³-hybridized carbons (Fsp3) is 0.286. The molecule has 2 N–H and O–H groups in total. The van der Waals surface area contributed by atoms with E-state index in [0.29, 0.717) is 18.4 Å². The van der Waals surface area contributed by atoms with Crippen LogP contribution < -0.4 is 9.47 Å². The number of aromatic nitrogens is 2. The topological polar surface area (TPSA) is 84.4 Å². The first kappa shape index (κ1) is 13.8. The van der Waals surface area contributed by atoms with Crippen molar-refractivity contribution < 1.29 is 19.4 Å². The number of ether oxygens (including phenoxy) is 2. The summed E-state index contributed by atoms with van der Waals surface area (Å²) in [5, 5.41) is 9.25. The van der Waals surface area contributed by atoms with E-state index in [9.17, 15) is 4.79 Å². The number of carboxylic acid groups (broad SMARTS) is 1. The molecule has 0 unspecified atom stereocenters. The van der Waals surface area contributed by atoms with Gasteiger partial charge in [0.15, 0.2) is 16.7 Å². The van der Waals surface area contributed by atoms with Crippen LogP contribution in [0.15, 0.2) is 29.6 Å². The Morgan fingerprint density at radius 2 is 2.14 bits per heavy atom. The van der Waals surface area contributed by atoms with E-state index >= 15 is 0 Å². The number of fused-ring (bicyclic) bond motifs is 1. The summed E-state index contributed by atoms with van der Waals surface area (Å²) in [6, 6.07) is 5.70. The fourth-order valence-corrected chi connectivity index (χ4v) is 2.55. The van der Waals surface area contributed by atoms with Crippen LogP contribution in [-0.4, -0.2) is 40.0 Å². The number of imidazole rings is 1. The smallest absolute Gasteiger partial charge is 0.313 e. The van der Waals surface area contributed by atoms with Crippen molar-refractivity contribution in [1.82, 2.24) is 9.97 Å². The molecular formula is C14H14N2O4S. The Morgan fingerprint density at radius 3 is 2.95 bits per heavy atom. The van der Waals surface area contributed by atoms with E-state index in [1.807, 2.05) is 18.2 Å². The molecule has 0 bridgehead atoms. The number of carbonyl (C=O) groups is 1. The lowest BCUT2D eigenvalue weighted by atomic mass is 10.1. The van der Waals surface area contributed by atoms with E-state index in [2.05, 4.69) is 9.97 Å². The van der Waals surface area contributed by atoms with Crippen molar-refractivity contribution in [1.29, 1.82) is 0 Å². The highest BCUT2D eigenvalue weighted by atomic mass is 32.2. The first-order valence-corrected chi connectivity index (χ1v) is 7.50. The van der Waals surface area contributed by atoms with Gasteiger partial charge in [0.2, 0.25) is 0 Å². The number of aromatic amines is 1. The Labute approximate surface area is 125 Å². The van der Waals surface area contributed by atoms with Crippen molar-refractivity contribution in [3.05, 3.63) is 24.4 Å². The number of nitrogens with zero attached hydrogens (tertiary/aromatic N) is 1. The van der Waals surface area contributed by atoms with Crippen LogP contribution in [-0.2, 0) is 4.79 Å². The van der Waals surface area contributed by atoms with E-state index in [0.717, 1.165) is 40.9 Å². The number of carboxylic acids is 1. The molecule has 0 saturated heterocycles. The number of aliphatic carboxylic acids is 1. The van der Waals surface area contributed by atoms with Gasteiger partial charge in [-0.05, 0) is 18.2 Å². The molecule has 0 fully saturated rings. The second-order valence-corrected chi connectivity index (χ2v) is 5.46. The van der Waals surface area contributed by atoms with Crippen LogP contribution in [0.25, 0.3) is 11.3 Å². The van der Waals surface area contributed by atoms with Gasteiger partial charge in [0.1, 0.15) is 0 Å². The summed E-state index contributed by atoms with van der Waals surface area (Å²) >= 11 is 1.15. The molecule has 0 radical (unpaired) electrons. The standard InChI is InChI=1S/C14H14N2O4S/c17-13(18)8-21-14-15-7-10(16-14)9-2-3-11-12(6-9)20-5-1-4-19-11/h2-3,6-7H,1,4-5,8H2,(H,15,16)(H,17,18). The largest absolute Gasteiger partial charge is 0.490 e. The molecule has 6 nitrogen and oxygen atoms in total. The zero-order valence-electron chi connectivity index (χ0n) is 11.2. The SMILES string of the molecule is O=C(O)CSc1ncc(-c2ccc3c(c2)OCCCO3)[nH]1. The molecule has 0 spiro atoms. The highest BCUT2D eigenvalue weighted by Crippen LogP contribution is 2.34. The Morgan fingerprint density at radius 1 is 1.33 bits per heavy atom. The highest BCUT2D eigenvalue weighted by molar-refractivity contribution is 7.99. The number of nitrogens with one attached hydrogen (secondary N) is 1. The Balaban J connectivity index is 1.80. The van der Waals surface area contributed by atoms with Gasteiger partial charge in [0.05, 0.1) is 30.9 Å². The van der Waals surface area contributed by atoms with Crippen molar-refractivity contribution in [2.45, 2.75) is 11.6 Å². The van der Waals surface area contributed by atoms with Crippen LogP contribution in [0, 0.1) is 0 Å². The van der Waals surface area contributed by atoms with E-state index in [1.54, 1.807) is 6.20 Å². The fourth-order valence-electron chi connectivity index (χ4n) is 1.98. The molecule has 0 saturated carbocycles. The predicted molar refractivity (Wildman–Crippen MR) is 78.0 cm³/mol. The zero-order chi connectivity index (χ0) is 14.7. The van der Waals surface area contributed by atoms with E-state index < -0.39 is 5.97 Å². The van der Waals surface area contributed by atoms with Gasteiger partial charge in [-0.2, -0.15) is 0 Å². The monoisotopic (exact) mass is 306 g/mol. The van der Waals surface area contributed by atoms with Gasteiger partial charge in [-0.1, -0.05) is 11.8 Å². The number of hydrogen-bond donors (Lipinski definition) is 2. The summed E-state index contributed by atoms with van der Waals surface area (Å²) < 4.78 is 11.2. The molecule has 1 aromatic heterocycles. The van der Waals surface area contributed by atoms with Crippen molar-refractivity contribution in [2.75, 3.05) is 19.0 Å². The molecular weight excluding hydrogens is 292 g/mol. The summed E-state index contributed by atoms with van der Waals surface area (Å²) in [6.45, 7) is 1.30. The van der Waals surface area contributed by atoms with Crippen LogP contribution >= 0.6 is 11.8 Å². The van der Waals surface area contributed by atoms with Crippen LogP contribution in [0.4, 0.5) is 0 Å². The second-order valence-electron chi connectivity index (χ2n) is 4.50. The number of thioether (sulfide) groups is 1. The quantitative estimate of drug-likeness (QED) is 0.844. The lowest BCUT2D eigenvalue weighted by Gasteiger charge is -2.08. The van der Waals surface area contributed by atoms with Crippen molar-refractivity contribution in [2.24, 2.45) is 0 Å². The predicted octanol–water partition coefficient (Wildman–Crippen LogP) is 2.41. The van der Waals surface area contributed by atoms with Gasteiger partial charge in [-0.3, -0.25) is 4.79 Å². The molecule has 110 valence electrons. The summed E-state index contributed by atoms with van der Waals surface area (Å²) in [5.74, 6) is 0.581. The number of hydrogen-bond acceptors (Lipinski definition) is 5. The maximum atomic E-state index is 10.5. The third kappa shape index (κ3) is 3.30. The third-order valence-electron chi connectivity index (χ3n) is 2.94. The lowest BCUT2D eigenvalue weighted by molar-refractivity contribution is -0.133. The maximum Gasteiger partial charge on any atom is 0.313 e. The van der Waals surface area contributed by atoms with Crippen LogP contribution in [0.5, 0.6) is 11.5 Å². The minimum absolute atomic E-state index is 0.0197. The van der Waals surface area contributed by atoms with Gasteiger partial charge in [0.25, 0.3) is 0 Å². The van der Waals surface area contributed by atoms with Crippen molar-refractivity contribution in [3.8, 4) is 22.8 Å². The molecule has 1 aliphatic heterocycles. The van der Waals surface area contributed by atoms with E-state index in [-0.39, 0.29) is 5.75 Å². The van der Waals surface area contributed by atoms with E-state index in [1.165, 1.54) is 0 Å². The molecule has 3 rings (SSSR count). The molecule has 2 heterocycles. The normalized spacial score (nSPS) is 13.7. The minimum atomic E-state index is -0.867. The maximum absolute atomic E-state index is 10.5. The van der Waals surface area contributed by atoms with Gasteiger partial charge < -0.3 is 19.6 Å². The molecule has 0 atom stereocenters. The summed E-state index contributed by atoms with van der Waals surface area (Å²) in [5.41, 5.74) is 1.74. The number of H-pyrrole nitrogens is 1. The molecule has 1 aromatic carbocycles. The van der Waals surface area contributed by atoms with Gasteiger partial charge >= 0.3 is 5.97 Å². The molecule has 21 heavy (non-hydrogen) atoms. The van der Waals surface area contributed by atoms with Crippen molar-refractivity contribution in [3.63, 3.8) is 0 Å². The summed E-state index contributed by atoms with van der Waals surface area (Å²) in [7, 11) is 0. The first-order chi connectivity index (χ1) is 10.2. The summed E-state index contributed by atoms with van der Waals surface area (Å²) in [6.07, 6.45) is 2.55. The average molecular weight is 306 g/mol. The molecule has 7 heteroatoms. The third-order valence-corrected chi connectivity index (χ3v) is 3.82.